The molecule has 1 aromatic carbocycles. The van der Waals surface area contributed by atoms with Crippen molar-refractivity contribution in [2.75, 3.05) is 51.3 Å². The number of nitrogens with zero attached hydrogens (tertiary/aromatic N) is 4. The maximum atomic E-state index is 13.1. The lowest BCUT2D eigenvalue weighted by Crippen LogP contribution is -2.43. The molecular weight excluding hydrogens is 398 g/mol. The van der Waals surface area contributed by atoms with Gasteiger partial charge in [-0.25, -0.2) is 4.21 Å². The molecule has 0 radical (unpaired) electrons. The number of nitrogens with one attached hydrogen (secondary N) is 1. The van der Waals surface area contributed by atoms with E-state index in [0.717, 1.165) is 49.4 Å². The number of benzene rings is 1. The Morgan fingerprint density at radius 3 is 2.83 bits per heavy atom. The third-order valence-corrected chi connectivity index (χ3v) is 6.43. The Morgan fingerprint density at radius 1 is 1.37 bits per heavy atom. The van der Waals surface area contributed by atoms with Crippen molar-refractivity contribution >= 4 is 27.7 Å². The quantitative estimate of drug-likeness (QED) is 0.376. The van der Waals surface area contributed by atoms with Crippen molar-refractivity contribution in [1.29, 1.82) is 0 Å². The minimum atomic E-state index is -1.53. The third kappa shape index (κ3) is 5.12. The summed E-state index contributed by atoms with van der Waals surface area (Å²) in [6, 6.07) is 7.89. The van der Waals surface area contributed by atoms with E-state index in [2.05, 4.69) is 34.7 Å². The van der Waals surface area contributed by atoms with Crippen LogP contribution in [-0.4, -0.2) is 64.7 Å². The second-order valence-corrected chi connectivity index (χ2v) is 8.56. The summed E-state index contributed by atoms with van der Waals surface area (Å²) in [6.45, 7) is 12.9. The predicted molar refractivity (Wildman–Crippen MR) is 125 cm³/mol. The summed E-state index contributed by atoms with van der Waals surface area (Å²) in [4.78, 5) is 4.79. The molecule has 1 fully saturated rings. The fraction of sp³-hybridized carbons (Fsp3) is 0.409. The summed E-state index contributed by atoms with van der Waals surface area (Å²) in [5, 5.41) is 9.05. The van der Waals surface area contributed by atoms with Gasteiger partial charge in [-0.1, -0.05) is 24.8 Å². The fourth-order valence-corrected chi connectivity index (χ4v) is 4.09. The number of ether oxygens (including phenoxy) is 1. The number of rotatable bonds is 9. The Kier molecular flexibility index (Phi) is 7.70. The van der Waals surface area contributed by atoms with Gasteiger partial charge >= 0.3 is 0 Å². The first-order valence-corrected chi connectivity index (χ1v) is 11.3. The van der Waals surface area contributed by atoms with Crippen molar-refractivity contribution in [3.8, 4) is 0 Å². The van der Waals surface area contributed by atoms with Crippen molar-refractivity contribution in [3.05, 3.63) is 59.9 Å². The molecule has 1 aliphatic rings. The minimum Gasteiger partial charge on any atom is -0.499 e. The summed E-state index contributed by atoms with van der Waals surface area (Å²) >= 11 is 0. The Balaban J connectivity index is 1.68. The van der Waals surface area contributed by atoms with E-state index < -0.39 is 11.0 Å². The monoisotopic (exact) mass is 429 g/mol. The number of allylic oxidation sites excluding steroid dienone is 3. The molecule has 1 saturated heterocycles. The van der Waals surface area contributed by atoms with E-state index in [1.165, 1.54) is 5.70 Å². The maximum absolute atomic E-state index is 13.1. The standard InChI is InChI=1S/C22H31N5O2S/c1-5-18(2)25(4)15-17-29-16-10-19(3)30(28)27-21-9-7-6-8-20(21)22(24-27)26-13-11-23-12-14-26/h5-10,16,23H,3,11-15,17H2,1-2,4H3/b16-10+,18-5+. The van der Waals surface area contributed by atoms with Gasteiger partial charge in [0.05, 0.1) is 23.2 Å². The molecule has 0 amide bonds. The van der Waals surface area contributed by atoms with Crippen LogP contribution in [0.5, 0.6) is 0 Å². The molecule has 0 saturated carbocycles. The van der Waals surface area contributed by atoms with Gasteiger partial charge in [-0.3, -0.25) is 0 Å². The number of piperazine rings is 1. The Labute approximate surface area is 181 Å². The maximum Gasteiger partial charge on any atom is 0.173 e. The van der Waals surface area contributed by atoms with Crippen LogP contribution in [0, 0.1) is 0 Å². The summed E-state index contributed by atoms with van der Waals surface area (Å²) in [6.07, 6.45) is 5.27. The molecule has 162 valence electrons. The number of fused-ring (bicyclic) bond motifs is 1. The highest BCUT2D eigenvalue weighted by Gasteiger charge is 2.21. The molecule has 8 heteroatoms. The highest BCUT2D eigenvalue weighted by molar-refractivity contribution is 7.87. The molecule has 2 heterocycles. The first-order valence-electron chi connectivity index (χ1n) is 10.2. The Morgan fingerprint density at radius 2 is 2.10 bits per heavy atom. The molecule has 1 aromatic heterocycles. The van der Waals surface area contributed by atoms with Gasteiger partial charge in [0.1, 0.15) is 6.61 Å². The number of hydrogen-bond acceptors (Lipinski definition) is 6. The zero-order chi connectivity index (χ0) is 21.5. The highest BCUT2D eigenvalue weighted by atomic mass is 32.2. The van der Waals surface area contributed by atoms with E-state index in [-0.39, 0.29) is 0 Å². The molecule has 0 aliphatic carbocycles. The van der Waals surface area contributed by atoms with Gasteiger partial charge in [-0.05, 0) is 32.1 Å². The van der Waals surface area contributed by atoms with Crippen molar-refractivity contribution in [2.24, 2.45) is 0 Å². The average Bonchev–Trinajstić information content (AvgIpc) is 3.17. The Hall–Kier alpha value is -2.58. The normalized spacial score (nSPS) is 16.2. The van der Waals surface area contributed by atoms with Gasteiger partial charge < -0.3 is 19.9 Å². The highest BCUT2D eigenvalue weighted by Crippen LogP contribution is 2.27. The first kappa shape index (κ1) is 22.1. The average molecular weight is 430 g/mol. The first-order chi connectivity index (χ1) is 14.5. The summed E-state index contributed by atoms with van der Waals surface area (Å²) < 4.78 is 20.2. The summed E-state index contributed by atoms with van der Waals surface area (Å²) in [5.41, 5.74) is 2.03. The largest absolute Gasteiger partial charge is 0.499 e. The topological polar surface area (TPSA) is 62.6 Å². The third-order valence-electron chi connectivity index (χ3n) is 5.25. The van der Waals surface area contributed by atoms with Gasteiger partial charge in [0, 0.05) is 44.3 Å². The molecule has 1 atom stereocenters. The number of hydrogen-bond donors (Lipinski definition) is 1. The lowest BCUT2D eigenvalue weighted by Gasteiger charge is -2.27. The van der Waals surface area contributed by atoms with Crippen molar-refractivity contribution in [2.45, 2.75) is 13.8 Å². The molecule has 0 bridgehead atoms. The van der Waals surface area contributed by atoms with Crippen molar-refractivity contribution < 1.29 is 8.95 Å². The van der Waals surface area contributed by atoms with Crippen molar-refractivity contribution in [1.82, 2.24) is 19.4 Å². The van der Waals surface area contributed by atoms with Crippen LogP contribution in [0.4, 0.5) is 5.82 Å². The molecule has 3 rings (SSSR count). The van der Waals surface area contributed by atoms with Crippen LogP contribution in [-0.2, 0) is 15.7 Å². The zero-order valence-corrected chi connectivity index (χ0v) is 18.8. The molecule has 2 aromatic rings. The van der Waals surface area contributed by atoms with E-state index in [9.17, 15) is 4.21 Å². The molecular formula is C22H31N5O2S. The van der Waals surface area contributed by atoms with Gasteiger partial charge in [-0.2, -0.15) is 4.09 Å². The fourth-order valence-electron chi connectivity index (χ4n) is 3.21. The van der Waals surface area contributed by atoms with Gasteiger partial charge in [0.25, 0.3) is 0 Å². The molecule has 0 spiro atoms. The van der Waals surface area contributed by atoms with E-state index in [4.69, 9.17) is 9.84 Å². The second-order valence-electron chi connectivity index (χ2n) is 7.19. The van der Waals surface area contributed by atoms with Crippen LogP contribution in [0.25, 0.3) is 10.9 Å². The number of aromatic nitrogens is 2. The van der Waals surface area contributed by atoms with Gasteiger partial charge in [0.2, 0.25) is 0 Å². The molecule has 30 heavy (non-hydrogen) atoms. The van der Waals surface area contributed by atoms with Gasteiger partial charge in [-0.15, -0.1) is 5.10 Å². The molecule has 1 unspecified atom stereocenters. The lowest BCUT2D eigenvalue weighted by atomic mass is 10.2. The molecule has 1 N–H and O–H groups in total. The number of para-hydroxylation sites is 1. The summed E-state index contributed by atoms with van der Waals surface area (Å²) in [7, 11) is 0.496. The van der Waals surface area contributed by atoms with Crippen LogP contribution in [0.2, 0.25) is 0 Å². The Bertz CT molecular complexity index is 960. The van der Waals surface area contributed by atoms with E-state index in [1.54, 1.807) is 16.4 Å². The van der Waals surface area contributed by atoms with E-state index in [1.807, 2.05) is 38.2 Å². The molecule has 7 nitrogen and oxygen atoms in total. The SMILES string of the molecule is C=C(/C=C/OCCN(C)/C(C)=C/C)S(=O)n1nc(N2CCNCC2)c2ccccc21. The van der Waals surface area contributed by atoms with Crippen LogP contribution in [0.1, 0.15) is 13.8 Å². The van der Waals surface area contributed by atoms with Crippen LogP contribution < -0.4 is 10.2 Å². The number of likely N-dealkylation sites (N-methyl/N-ethyl adjacent to an activating group) is 1. The van der Waals surface area contributed by atoms with E-state index >= 15 is 0 Å². The van der Waals surface area contributed by atoms with Crippen LogP contribution in [0.15, 0.2) is 59.9 Å². The molecule has 1 aliphatic heterocycles. The van der Waals surface area contributed by atoms with E-state index in [0.29, 0.717) is 11.5 Å². The minimum absolute atomic E-state index is 0.438. The summed E-state index contributed by atoms with van der Waals surface area (Å²) in [5.74, 6) is 0.871. The van der Waals surface area contributed by atoms with Crippen LogP contribution in [0.3, 0.4) is 0 Å². The predicted octanol–water partition coefficient (Wildman–Crippen LogP) is 2.86. The van der Waals surface area contributed by atoms with Crippen molar-refractivity contribution in [3.63, 3.8) is 0 Å². The zero-order valence-electron chi connectivity index (χ0n) is 18.0. The van der Waals surface area contributed by atoms with Crippen LogP contribution >= 0.6 is 0 Å². The lowest BCUT2D eigenvalue weighted by molar-refractivity contribution is 0.214. The smallest absolute Gasteiger partial charge is 0.173 e. The van der Waals surface area contributed by atoms with Gasteiger partial charge in [0.15, 0.2) is 16.8 Å². The second kappa shape index (κ2) is 10.4. The number of anilines is 1.